The molecule has 10 heteroatoms. The Morgan fingerprint density at radius 3 is 2.68 bits per heavy atom. The Morgan fingerprint density at radius 1 is 1.44 bits per heavy atom. The van der Waals surface area contributed by atoms with Crippen LogP contribution in [0.25, 0.3) is 0 Å². The molecule has 1 heterocycles. The van der Waals surface area contributed by atoms with E-state index in [1.165, 1.54) is 25.3 Å². The summed E-state index contributed by atoms with van der Waals surface area (Å²) in [5.74, 6) is -1.43. The number of nitro benzene ring substituents is 1. The minimum atomic E-state index is -1.11. The monoisotopic (exact) mass is 353 g/mol. The van der Waals surface area contributed by atoms with Gasteiger partial charge in [-0.05, 0) is 6.07 Å². The van der Waals surface area contributed by atoms with Crippen LogP contribution in [0, 0.1) is 10.1 Å². The Kier molecular flexibility index (Phi) is 6.25. The highest BCUT2D eigenvalue weighted by Crippen LogP contribution is 2.29. The molecule has 0 spiro atoms. The van der Waals surface area contributed by atoms with Gasteiger partial charge in [-0.2, -0.15) is 0 Å². The second kappa shape index (κ2) is 8.40. The second-order valence-electron chi connectivity index (χ2n) is 5.40. The number of nitrogens with one attached hydrogen (secondary N) is 1. The van der Waals surface area contributed by atoms with Gasteiger partial charge in [0.2, 0.25) is 5.91 Å². The zero-order valence-electron chi connectivity index (χ0n) is 13.6. The molecule has 25 heavy (non-hydrogen) atoms. The van der Waals surface area contributed by atoms with Crippen LogP contribution in [0.15, 0.2) is 18.2 Å². The molecule has 1 unspecified atom stereocenters. The van der Waals surface area contributed by atoms with Crippen molar-refractivity contribution in [3.63, 3.8) is 0 Å². The quantitative estimate of drug-likeness (QED) is 0.541. The van der Waals surface area contributed by atoms with Crippen molar-refractivity contribution in [2.75, 3.05) is 38.7 Å². The lowest BCUT2D eigenvalue weighted by Gasteiger charge is -2.31. The molecule has 10 nitrogen and oxygen atoms in total. The number of hydrogen-bond acceptors (Lipinski definition) is 7. The molecule has 0 saturated carbocycles. The van der Waals surface area contributed by atoms with Gasteiger partial charge in [0, 0.05) is 25.2 Å². The number of carboxylic acids is 1. The molecule has 1 saturated heterocycles. The number of nitro groups is 1. The van der Waals surface area contributed by atoms with Crippen molar-refractivity contribution in [3.05, 3.63) is 28.3 Å². The molecule has 1 aromatic carbocycles. The van der Waals surface area contributed by atoms with E-state index >= 15 is 0 Å². The topological polar surface area (TPSA) is 131 Å². The predicted molar refractivity (Wildman–Crippen MR) is 86.7 cm³/mol. The highest BCUT2D eigenvalue weighted by atomic mass is 16.6. The summed E-state index contributed by atoms with van der Waals surface area (Å²) in [5.41, 5.74) is -0.0909. The number of amides is 1. The zero-order valence-corrected chi connectivity index (χ0v) is 13.6. The molecule has 1 aliphatic heterocycles. The van der Waals surface area contributed by atoms with Crippen molar-refractivity contribution in [1.82, 2.24) is 4.90 Å². The molecule has 1 aliphatic rings. The number of nitrogens with zero attached hydrogens (tertiary/aromatic N) is 2. The second-order valence-corrected chi connectivity index (χ2v) is 5.40. The van der Waals surface area contributed by atoms with E-state index in [1.807, 2.05) is 0 Å². The molecule has 0 aromatic heterocycles. The van der Waals surface area contributed by atoms with Crippen LogP contribution in [0.3, 0.4) is 0 Å². The number of benzene rings is 1. The third-order valence-electron chi connectivity index (χ3n) is 3.82. The molecule has 1 amide bonds. The van der Waals surface area contributed by atoms with Gasteiger partial charge >= 0.3 is 5.97 Å². The van der Waals surface area contributed by atoms with E-state index < -0.39 is 22.8 Å². The molecule has 1 fully saturated rings. The summed E-state index contributed by atoms with van der Waals surface area (Å²) in [6.07, 6.45) is -0.290. The predicted octanol–water partition coefficient (Wildman–Crippen LogP) is 0.717. The first-order valence-corrected chi connectivity index (χ1v) is 7.59. The maximum Gasteiger partial charge on any atom is 0.321 e. The van der Waals surface area contributed by atoms with Gasteiger partial charge in [0.25, 0.3) is 5.69 Å². The maximum atomic E-state index is 12.3. The molecular weight excluding hydrogens is 334 g/mol. The summed E-state index contributed by atoms with van der Waals surface area (Å²) in [5, 5.41) is 22.7. The van der Waals surface area contributed by atoms with E-state index in [2.05, 4.69) is 5.32 Å². The lowest BCUT2D eigenvalue weighted by Crippen LogP contribution is -2.48. The van der Waals surface area contributed by atoms with Crippen LogP contribution >= 0.6 is 0 Å². The Labute approximate surface area is 143 Å². The number of carbonyl (C=O) groups excluding carboxylic acids is 1. The fourth-order valence-electron chi connectivity index (χ4n) is 2.55. The Bertz CT molecular complexity index is 659. The fraction of sp³-hybridized carbons (Fsp3) is 0.467. The van der Waals surface area contributed by atoms with Crippen molar-refractivity contribution in [2.45, 2.75) is 12.5 Å². The number of ether oxygens (including phenoxy) is 2. The van der Waals surface area contributed by atoms with E-state index in [0.29, 0.717) is 26.3 Å². The number of carboxylic acid groups (broad SMARTS) is 1. The number of morpholine rings is 1. The summed E-state index contributed by atoms with van der Waals surface area (Å²) in [4.78, 5) is 35.7. The highest BCUT2D eigenvalue weighted by Gasteiger charge is 2.29. The first kappa shape index (κ1) is 18.6. The van der Waals surface area contributed by atoms with Gasteiger partial charge in [-0.15, -0.1) is 0 Å². The molecule has 0 bridgehead atoms. The normalized spacial score (nSPS) is 16.0. The first-order chi connectivity index (χ1) is 11.9. The Hall–Kier alpha value is -2.72. The molecule has 136 valence electrons. The first-order valence-electron chi connectivity index (χ1n) is 7.59. The summed E-state index contributed by atoms with van der Waals surface area (Å²) >= 11 is 0. The van der Waals surface area contributed by atoms with Gasteiger partial charge in [0.15, 0.2) is 0 Å². The van der Waals surface area contributed by atoms with Crippen molar-refractivity contribution in [1.29, 1.82) is 0 Å². The van der Waals surface area contributed by atoms with Crippen molar-refractivity contribution < 1.29 is 29.1 Å². The molecule has 1 aromatic rings. The number of methoxy groups -OCH3 is 1. The van der Waals surface area contributed by atoms with Crippen molar-refractivity contribution >= 4 is 23.3 Å². The average Bonchev–Trinajstić information content (AvgIpc) is 2.60. The van der Waals surface area contributed by atoms with Crippen LogP contribution in [0.1, 0.15) is 6.42 Å². The average molecular weight is 353 g/mol. The van der Waals surface area contributed by atoms with Crippen LogP contribution in [0.2, 0.25) is 0 Å². The summed E-state index contributed by atoms with van der Waals surface area (Å²) in [7, 11) is 1.37. The number of carbonyl (C=O) groups is 2. The molecule has 2 rings (SSSR count). The minimum Gasteiger partial charge on any atom is -0.495 e. The lowest BCUT2D eigenvalue weighted by molar-refractivity contribution is -0.384. The molecular formula is C15H19N3O7. The van der Waals surface area contributed by atoms with E-state index in [4.69, 9.17) is 9.47 Å². The van der Waals surface area contributed by atoms with E-state index in [1.54, 1.807) is 4.90 Å². The van der Waals surface area contributed by atoms with E-state index in [9.17, 15) is 24.8 Å². The van der Waals surface area contributed by atoms with Crippen LogP contribution in [0.5, 0.6) is 5.75 Å². The zero-order chi connectivity index (χ0) is 18.4. The lowest BCUT2D eigenvalue weighted by atomic mass is 10.1. The molecule has 1 atom stereocenters. The third-order valence-corrected chi connectivity index (χ3v) is 3.82. The number of aliphatic carboxylic acids is 1. The van der Waals surface area contributed by atoms with Crippen LogP contribution in [0.4, 0.5) is 11.4 Å². The minimum absolute atomic E-state index is 0.118. The highest BCUT2D eigenvalue weighted by molar-refractivity contribution is 5.95. The maximum absolute atomic E-state index is 12.3. The van der Waals surface area contributed by atoms with E-state index in [-0.39, 0.29) is 23.5 Å². The summed E-state index contributed by atoms with van der Waals surface area (Å²) < 4.78 is 10.2. The van der Waals surface area contributed by atoms with Gasteiger partial charge in [-0.3, -0.25) is 24.6 Å². The molecule has 0 radical (unpaired) electrons. The van der Waals surface area contributed by atoms with Crippen LogP contribution < -0.4 is 10.1 Å². The van der Waals surface area contributed by atoms with Crippen molar-refractivity contribution in [2.24, 2.45) is 0 Å². The fourth-order valence-corrected chi connectivity index (χ4v) is 2.55. The standard InChI is InChI=1S/C15H19N3O7/c1-24-13-3-2-10(18(22)23)8-11(13)16-14(19)9-12(15(20)21)17-4-6-25-7-5-17/h2-3,8,12H,4-7,9H2,1H3,(H,16,19)(H,20,21). The van der Waals surface area contributed by atoms with Gasteiger partial charge in [-0.1, -0.05) is 0 Å². The number of anilines is 1. The number of hydrogen-bond donors (Lipinski definition) is 2. The van der Waals surface area contributed by atoms with Crippen LogP contribution in [-0.4, -0.2) is 66.3 Å². The number of non-ortho nitro benzene ring substituents is 1. The van der Waals surface area contributed by atoms with Crippen LogP contribution in [-0.2, 0) is 14.3 Å². The van der Waals surface area contributed by atoms with Crippen molar-refractivity contribution in [3.8, 4) is 5.75 Å². The Morgan fingerprint density at radius 2 is 2.12 bits per heavy atom. The van der Waals surface area contributed by atoms with E-state index in [0.717, 1.165) is 0 Å². The van der Waals surface area contributed by atoms with Gasteiger partial charge in [0.1, 0.15) is 11.8 Å². The molecule has 2 N–H and O–H groups in total. The third kappa shape index (κ3) is 4.88. The smallest absolute Gasteiger partial charge is 0.321 e. The molecule has 0 aliphatic carbocycles. The number of rotatable bonds is 7. The Balaban J connectivity index is 2.10. The SMILES string of the molecule is COc1ccc([N+](=O)[O-])cc1NC(=O)CC(C(=O)O)N1CCOCC1. The summed E-state index contributed by atoms with van der Waals surface area (Å²) in [6.45, 7) is 1.66. The van der Waals surface area contributed by atoms with Gasteiger partial charge in [-0.25, -0.2) is 0 Å². The summed E-state index contributed by atoms with van der Waals surface area (Å²) in [6, 6.07) is 2.79. The van der Waals surface area contributed by atoms with Gasteiger partial charge in [0.05, 0.1) is 37.4 Å². The largest absolute Gasteiger partial charge is 0.495 e. The van der Waals surface area contributed by atoms with Gasteiger partial charge < -0.3 is 19.9 Å².